The molecule has 12 heavy (non-hydrogen) atoms. The Morgan fingerprint density at radius 1 is 1.50 bits per heavy atom. The van der Waals surface area contributed by atoms with Crippen molar-refractivity contribution in [3.05, 3.63) is 35.6 Å². The maximum Gasteiger partial charge on any atom is 0.124 e. The summed E-state index contributed by atoms with van der Waals surface area (Å²) in [6, 6.07) is 8.15. The summed E-state index contributed by atoms with van der Waals surface area (Å²) in [5.41, 5.74) is 0.974. The van der Waals surface area contributed by atoms with Gasteiger partial charge in [-0.2, -0.15) is 0 Å². The summed E-state index contributed by atoms with van der Waals surface area (Å²) in [6.45, 7) is 0.763. The van der Waals surface area contributed by atoms with Crippen molar-refractivity contribution in [3.8, 4) is 0 Å². The van der Waals surface area contributed by atoms with Crippen molar-refractivity contribution in [2.45, 2.75) is 25.4 Å². The maximum absolute atomic E-state index is 12.6. The highest BCUT2D eigenvalue weighted by atomic mass is 19.1. The molecule has 1 nitrogen and oxygen atoms in total. The Hall–Kier alpha value is -0.890. The van der Waals surface area contributed by atoms with E-state index in [1.807, 2.05) is 6.07 Å². The lowest BCUT2D eigenvalue weighted by Crippen LogP contribution is -2.15. The second-order valence-electron chi connectivity index (χ2n) is 3.21. The van der Waals surface area contributed by atoms with E-state index in [1.165, 1.54) is 18.9 Å². The molecule has 1 aromatic rings. The molecular weight excluding hydrogens is 153 g/mol. The SMILES string of the molecule is Fc1c[c]cc(CNC2CC2)c1. The van der Waals surface area contributed by atoms with Crippen LogP contribution in [0.1, 0.15) is 18.4 Å². The van der Waals surface area contributed by atoms with E-state index in [1.54, 1.807) is 6.07 Å². The largest absolute Gasteiger partial charge is 0.310 e. The Labute approximate surface area is 71.6 Å². The molecule has 0 amide bonds. The van der Waals surface area contributed by atoms with E-state index in [4.69, 9.17) is 0 Å². The summed E-state index contributed by atoms with van der Waals surface area (Å²) in [4.78, 5) is 0. The second-order valence-corrected chi connectivity index (χ2v) is 3.21. The molecule has 0 aliphatic heterocycles. The van der Waals surface area contributed by atoms with E-state index < -0.39 is 0 Å². The summed E-state index contributed by atoms with van der Waals surface area (Å²) in [6.07, 6.45) is 2.53. The third-order valence-electron chi connectivity index (χ3n) is 1.99. The van der Waals surface area contributed by atoms with Gasteiger partial charge in [-0.1, -0.05) is 0 Å². The van der Waals surface area contributed by atoms with Crippen molar-refractivity contribution >= 4 is 0 Å². The first-order valence-electron chi connectivity index (χ1n) is 4.23. The molecule has 1 saturated carbocycles. The van der Waals surface area contributed by atoms with Gasteiger partial charge in [-0.15, -0.1) is 0 Å². The van der Waals surface area contributed by atoms with Crippen LogP contribution in [0.5, 0.6) is 0 Å². The predicted octanol–water partition coefficient (Wildman–Crippen LogP) is 1.88. The minimum absolute atomic E-state index is 0.204. The van der Waals surface area contributed by atoms with E-state index >= 15 is 0 Å². The Balaban J connectivity index is 1.92. The summed E-state index contributed by atoms with van der Waals surface area (Å²) < 4.78 is 12.6. The normalized spacial score (nSPS) is 16.4. The standard InChI is InChI=1S/C10H11FN/c11-9-3-1-2-8(6-9)7-12-10-4-5-10/h2-3,6,10,12H,4-5,7H2. The van der Waals surface area contributed by atoms with E-state index in [2.05, 4.69) is 11.4 Å². The van der Waals surface area contributed by atoms with Gasteiger partial charge in [0.05, 0.1) is 0 Å². The van der Waals surface area contributed by atoms with Gasteiger partial charge in [0, 0.05) is 12.6 Å². The molecule has 0 unspecified atom stereocenters. The predicted molar refractivity (Wildman–Crippen MR) is 45.1 cm³/mol. The number of hydrogen-bond donors (Lipinski definition) is 1. The van der Waals surface area contributed by atoms with Crippen molar-refractivity contribution in [2.75, 3.05) is 0 Å². The quantitative estimate of drug-likeness (QED) is 0.719. The smallest absolute Gasteiger partial charge is 0.124 e. The van der Waals surface area contributed by atoms with E-state index in [9.17, 15) is 4.39 Å². The van der Waals surface area contributed by atoms with Crippen LogP contribution in [0.15, 0.2) is 18.2 Å². The molecule has 1 aliphatic rings. The van der Waals surface area contributed by atoms with Gasteiger partial charge in [-0.3, -0.25) is 0 Å². The number of benzene rings is 1. The molecule has 0 aromatic heterocycles. The number of nitrogens with one attached hydrogen (secondary N) is 1. The molecule has 1 fully saturated rings. The van der Waals surface area contributed by atoms with Crippen LogP contribution in [0.3, 0.4) is 0 Å². The lowest BCUT2D eigenvalue weighted by atomic mass is 10.2. The van der Waals surface area contributed by atoms with Crippen molar-refractivity contribution in [3.63, 3.8) is 0 Å². The number of hydrogen-bond acceptors (Lipinski definition) is 1. The Bertz CT molecular complexity index is 268. The molecule has 1 aromatic carbocycles. The molecular formula is C10H11FN. The van der Waals surface area contributed by atoms with Gasteiger partial charge in [-0.25, -0.2) is 4.39 Å². The molecule has 0 heterocycles. The van der Waals surface area contributed by atoms with Crippen molar-refractivity contribution in [1.29, 1.82) is 0 Å². The van der Waals surface area contributed by atoms with Crippen molar-refractivity contribution < 1.29 is 4.39 Å². The van der Waals surface area contributed by atoms with E-state index in [-0.39, 0.29) is 5.82 Å². The van der Waals surface area contributed by atoms with Crippen LogP contribution in [0.4, 0.5) is 4.39 Å². The van der Waals surface area contributed by atoms with Crippen LogP contribution >= 0.6 is 0 Å². The Morgan fingerprint density at radius 2 is 2.33 bits per heavy atom. The monoisotopic (exact) mass is 164 g/mol. The molecule has 0 atom stereocenters. The van der Waals surface area contributed by atoms with Crippen LogP contribution < -0.4 is 5.32 Å². The molecule has 63 valence electrons. The fourth-order valence-corrected chi connectivity index (χ4v) is 1.14. The zero-order chi connectivity index (χ0) is 8.39. The summed E-state index contributed by atoms with van der Waals surface area (Å²) in [7, 11) is 0. The molecule has 2 rings (SSSR count). The first-order chi connectivity index (χ1) is 5.84. The highest BCUT2D eigenvalue weighted by Gasteiger charge is 2.19. The van der Waals surface area contributed by atoms with Gasteiger partial charge in [0.2, 0.25) is 0 Å². The minimum Gasteiger partial charge on any atom is -0.310 e. The molecule has 1 N–H and O–H groups in total. The first kappa shape index (κ1) is 7.74. The van der Waals surface area contributed by atoms with Gasteiger partial charge >= 0.3 is 0 Å². The third-order valence-corrected chi connectivity index (χ3v) is 1.99. The molecule has 1 aliphatic carbocycles. The van der Waals surface area contributed by atoms with E-state index in [0.29, 0.717) is 6.04 Å². The lowest BCUT2D eigenvalue weighted by molar-refractivity contribution is 0.619. The molecule has 0 saturated heterocycles. The van der Waals surface area contributed by atoms with Crippen LogP contribution in [0.2, 0.25) is 0 Å². The number of rotatable bonds is 3. The van der Waals surface area contributed by atoms with Gasteiger partial charge in [0.15, 0.2) is 0 Å². The average Bonchev–Trinajstić information content (AvgIpc) is 2.84. The lowest BCUT2D eigenvalue weighted by Gasteiger charge is -2.01. The topological polar surface area (TPSA) is 12.0 Å². The average molecular weight is 164 g/mol. The number of halogens is 1. The third kappa shape index (κ3) is 2.05. The fourth-order valence-electron chi connectivity index (χ4n) is 1.14. The molecule has 2 heteroatoms. The Kier molecular flexibility index (Phi) is 2.09. The minimum atomic E-state index is -0.204. The maximum atomic E-state index is 12.6. The summed E-state index contributed by atoms with van der Waals surface area (Å²) in [5.74, 6) is -0.204. The highest BCUT2D eigenvalue weighted by molar-refractivity contribution is 5.15. The fraction of sp³-hybridized carbons (Fsp3) is 0.400. The van der Waals surface area contributed by atoms with Crippen LogP contribution in [0, 0.1) is 11.9 Å². The zero-order valence-corrected chi connectivity index (χ0v) is 6.81. The molecule has 0 bridgehead atoms. The molecule has 0 spiro atoms. The summed E-state index contributed by atoms with van der Waals surface area (Å²) in [5, 5.41) is 3.31. The second kappa shape index (κ2) is 3.23. The Morgan fingerprint density at radius 3 is 3.00 bits per heavy atom. The first-order valence-corrected chi connectivity index (χ1v) is 4.23. The van der Waals surface area contributed by atoms with Crippen LogP contribution in [-0.4, -0.2) is 6.04 Å². The van der Waals surface area contributed by atoms with Crippen LogP contribution in [-0.2, 0) is 6.54 Å². The van der Waals surface area contributed by atoms with Gasteiger partial charge < -0.3 is 5.32 Å². The van der Waals surface area contributed by atoms with Gasteiger partial charge in [0.1, 0.15) is 5.82 Å². The van der Waals surface area contributed by atoms with Crippen molar-refractivity contribution in [2.24, 2.45) is 0 Å². The van der Waals surface area contributed by atoms with Gasteiger partial charge in [-0.05, 0) is 42.7 Å². The zero-order valence-electron chi connectivity index (χ0n) is 6.81. The van der Waals surface area contributed by atoms with Gasteiger partial charge in [0.25, 0.3) is 0 Å². The van der Waals surface area contributed by atoms with E-state index in [0.717, 1.165) is 12.1 Å². The molecule has 1 radical (unpaired) electrons. The highest BCUT2D eigenvalue weighted by Crippen LogP contribution is 2.19. The summed E-state index contributed by atoms with van der Waals surface area (Å²) >= 11 is 0. The van der Waals surface area contributed by atoms with Crippen molar-refractivity contribution in [1.82, 2.24) is 5.32 Å². The van der Waals surface area contributed by atoms with Crippen LogP contribution in [0.25, 0.3) is 0 Å².